The van der Waals surface area contributed by atoms with E-state index in [2.05, 4.69) is 37.2 Å². The highest BCUT2D eigenvalue weighted by molar-refractivity contribution is 9.12. The van der Waals surface area contributed by atoms with Gasteiger partial charge in [0.2, 0.25) is 17.7 Å². The van der Waals surface area contributed by atoms with Gasteiger partial charge in [-0.05, 0) is 37.3 Å². The highest BCUT2D eigenvalue weighted by atomic mass is 79.9. The molecule has 1 aromatic carbocycles. The Morgan fingerprint density at radius 3 is 2.12 bits per heavy atom. The van der Waals surface area contributed by atoms with Crippen LogP contribution >= 0.6 is 31.9 Å². The Bertz CT molecular complexity index is 719. The standard InChI is InChI=1S/C18H18Br2N2O3/c1-8-2-4-9(5-3-8)21-12(23)7-22-17(24)13-10-6-11(14(13)18(22)25)16(20)15(10)19/h2-5,10-11,13-16H,6-7H2,1H3,(H,21,23)/t10-,11-,13-,14-,15-,16+/m1/s1. The quantitative estimate of drug-likeness (QED) is 0.546. The fourth-order valence-corrected chi connectivity index (χ4v) is 6.42. The lowest BCUT2D eigenvalue weighted by Gasteiger charge is -2.28. The SMILES string of the molecule is Cc1ccc(NC(=O)CN2C(=O)[C@@H]3[C@H]4C[C@@H]([C@@H](Br)[C@H]4Br)[C@H]3C2=O)cc1. The van der Waals surface area contributed by atoms with Gasteiger partial charge in [-0.2, -0.15) is 0 Å². The molecule has 0 unspecified atom stereocenters. The molecule has 7 heteroatoms. The third kappa shape index (κ3) is 2.67. The highest BCUT2D eigenvalue weighted by Gasteiger charge is 2.66. The van der Waals surface area contributed by atoms with Crippen LogP contribution in [0.1, 0.15) is 12.0 Å². The van der Waals surface area contributed by atoms with Crippen LogP contribution in [0.5, 0.6) is 0 Å². The van der Waals surface area contributed by atoms with Gasteiger partial charge in [0.25, 0.3) is 0 Å². The molecular formula is C18H18Br2N2O3. The van der Waals surface area contributed by atoms with E-state index in [1.54, 1.807) is 12.1 Å². The molecule has 1 saturated heterocycles. The van der Waals surface area contributed by atoms with Crippen molar-refractivity contribution >= 4 is 55.3 Å². The molecule has 5 nitrogen and oxygen atoms in total. The van der Waals surface area contributed by atoms with Gasteiger partial charge in [0.1, 0.15) is 6.54 Å². The zero-order valence-electron chi connectivity index (χ0n) is 13.6. The molecule has 0 aromatic heterocycles. The number of benzene rings is 1. The predicted octanol–water partition coefficient (Wildman–Crippen LogP) is 2.71. The number of imide groups is 1. The summed E-state index contributed by atoms with van der Waals surface area (Å²) in [5, 5.41) is 2.75. The normalized spacial score (nSPS) is 36.0. The number of rotatable bonds is 3. The van der Waals surface area contributed by atoms with E-state index in [-0.39, 0.29) is 57.6 Å². The molecular weight excluding hydrogens is 452 g/mol. The molecule has 0 spiro atoms. The van der Waals surface area contributed by atoms with Crippen molar-refractivity contribution in [3.63, 3.8) is 0 Å². The van der Waals surface area contributed by atoms with Crippen LogP contribution in [0, 0.1) is 30.6 Å². The monoisotopic (exact) mass is 468 g/mol. The van der Waals surface area contributed by atoms with Crippen molar-refractivity contribution in [1.82, 2.24) is 4.90 Å². The third-order valence-corrected chi connectivity index (χ3v) is 8.92. The molecule has 1 N–H and O–H groups in total. The van der Waals surface area contributed by atoms with Crippen LogP contribution in [0.4, 0.5) is 5.69 Å². The molecule has 4 rings (SSSR count). The lowest BCUT2D eigenvalue weighted by molar-refractivity contribution is -0.143. The number of halogens is 2. The lowest BCUT2D eigenvalue weighted by Crippen LogP contribution is -2.39. The molecule has 1 heterocycles. The number of anilines is 1. The summed E-state index contributed by atoms with van der Waals surface area (Å²) in [6, 6.07) is 7.41. The molecule has 3 aliphatic rings. The summed E-state index contributed by atoms with van der Waals surface area (Å²) < 4.78 is 0. The number of hydrogen-bond acceptors (Lipinski definition) is 3. The minimum Gasteiger partial charge on any atom is -0.325 e. The molecule has 1 aliphatic heterocycles. The number of nitrogens with zero attached hydrogens (tertiary/aromatic N) is 1. The van der Waals surface area contributed by atoms with Crippen molar-refractivity contribution in [3.8, 4) is 0 Å². The summed E-state index contributed by atoms with van der Waals surface area (Å²) in [5.41, 5.74) is 1.76. The molecule has 2 saturated carbocycles. The second kappa shape index (κ2) is 6.20. The first kappa shape index (κ1) is 17.2. The molecule has 6 atom stereocenters. The molecule has 132 valence electrons. The molecule has 25 heavy (non-hydrogen) atoms. The zero-order chi connectivity index (χ0) is 17.9. The smallest absolute Gasteiger partial charge is 0.244 e. The van der Waals surface area contributed by atoms with Crippen molar-refractivity contribution in [1.29, 1.82) is 0 Å². The first-order chi connectivity index (χ1) is 11.9. The van der Waals surface area contributed by atoms with E-state index in [9.17, 15) is 14.4 Å². The number of fused-ring (bicyclic) bond motifs is 5. The van der Waals surface area contributed by atoms with Gasteiger partial charge in [-0.1, -0.05) is 49.6 Å². The van der Waals surface area contributed by atoms with Crippen LogP contribution < -0.4 is 5.32 Å². The number of aryl methyl sites for hydroxylation is 1. The number of nitrogens with one attached hydrogen (secondary N) is 1. The van der Waals surface area contributed by atoms with Gasteiger partial charge < -0.3 is 5.32 Å². The number of alkyl halides is 2. The largest absolute Gasteiger partial charge is 0.325 e. The lowest BCUT2D eigenvalue weighted by atomic mass is 9.81. The highest BCUT2D eigenvalue weighted by Crippen LogP contribution is 2.60. The number of likely N-dealkylation sites (tertiary alicyclic amines) is 1. The molecule has 3 amide bonds. The van der Waals surface area contributed by atoms with E-state index in [0.717, 1.165) is 16.9 Å². The fraction of sp³-hybridized carbons (Fsp3) is 0.500. The Hall–Kier alpha value is -1.21. The average Bonchev–Trinajstić information content (AvgIpc) is 3.17. The number of carbonyl (C=O) groups excluding carboxylic acids is 3. The summed E-state index contributed by atoms with van der Waals surface area (Å²) in [5.74, 6) is -0.938. The summed E-state index contributed by atoms with van der Waals surface area (Å²) in [6.45, 7) is 1.76. The van der Waals surface area contributed by atoms with Crippen molar-refractivity contribution in [3.05, 3.63) is 29.8 Å². The van der Waals surface area contributed by atoms with Crippen molar-refractivity contribution in [2.75, 3.05) is 11.9 Å². The molecule has 3 fully saturated rings. The topological polar surface area (TPSA) is 66.5 Å². The van der Waals surface area contributed by atoms with Crippen molar-refractivity contribution in [2.45, 2.75) is 23.0 Å². The van der Waals surface area contributed by atoms with Crippen LogP contribution in [0.25, 0.3) is 0 Å². The van der Waals surface area contributed by atoms with Crippen LogP contribution in [0.3, 0.4) is 0 Å². The summed E-state index contributed by atoms with van der Waals surface area (Å²) in [7, 11) is 0. The van der Waals surface area contributed by atoms with Gasteiger partial charge in [0.15, 0.2) is 0 Å². The molecule has 0 radical (unpaired) electrons. The van der Waals surface area contributed by atoms with E-state index in [4.69, 9.17) is 0 Å². The summed E-state index contributed by atoms with van der Waals surface area (Å²) >= 11 is 7.31. The Labute approximate surface area is 162 Å². The number of amides is 3. The Morgan fingerprint density at radius 1 is 1.08 bits per heavy atom. The first-order valence-corrected chi connectivity index (χ1v) is 10.2. The van der Waals surface area contributed by atoms with Gasteiger partial charge in [0, 0.05) is 15.3 Å². The second-order valence-corrected chi connectivity index (χ2v) is 9.30. The average molecular weight is 470 g/mol. The maximum atomic E-state index is 12.8. The van der Waals surface area contributed by atoms with Gasteiger partial charge >= 0.3 is 0 Å². The van der Waals surface area contributed by atoms with Crippen molar-refractivity contribution < 1.29 is 14.4 Å². The van der Waals surface area contributed by atoms with Crippen LogP contribution in [0.15, 0.2) is 24.3 Å². The molecule has 2 bridgehead atoms. The van der Waals surface area contributed by atoms with Gasteiger partial charge in [-0.25, -0.2) is 0 Å². The Kier molecular flexibility index (Phi) is 4.27. The van der Waals surface area contributed by atoms with E-state index in [1.165, 1.54) is 0 Å². The first-order valence-electron chi connectivity index (χ1n) is 8.38. The van der Waals surface area contributed by atoms with Crippen LogP contribution in [0.2, 0.25) is 0 Å². The minimum absolute atomic E-state index is 0.168. The predicted molar refractivity (Wildman–Crippen MR) is 101 cm³/mol. The summed E-state index contributed by atoms with van der Waals surface area (Å²) in [6.07, 6.45) is 0.891. The van der Waals surface area contributed by atoms with Gasteiger partial charge in [0.05, 0.1) is 11.8 Å². The van der Waals surface area contributed by atoms with Gasteiger partial charge in [-0.3, -0.25) is 19.3 Å². The number of carbonyl (C=O) groups is 3. The van der Waals surface area contributed by atoms with Crippen LogP contribution in [-0.2, 0) is 14.4 Å². The third-order valence-electron chi connectivity index (χ3n) is 5.72. The maximum Gasteiger partial charge on any atom is 0.244 e. The van der Waals surface area contributed by atoms with Gasteiger partial charge in [-0.15, -0.1) is 0 Å². The van der Waals surface area contributed by atoms with E-state index >= 15 is 0 Å². The molecule has 2 aliphatic carbocycles. The minimum atomic E-state index is -0.344. The van der Waals surface area contributed by atoms with Crippen molar-refractivity contribution in [2.24, 2.45) is 23.7 Å². The van der Waals surface area contributed by atoms with E-state index in [0.29, 0.717) is 5.69 Å². The molecule has 1 aromatic rings. The maximum absolute atomic E-state index is 12.8. The van der Waals surface area contributed by atoms with E-state index in [1.807, 2.05) is 19.1 Å². The Morgan fingerprint density at radius 2 is 1.60 bits per heavy atom. The zero-order valence-corrected chi connectivity index (χ0v) is 16.8. The number of hydrogen-bond donors (Lipinski definition) is 1. The fourth-order valence-electron chi connectivity index (χ4n) is 4.55. The second-order valence-electron chi connectivity index (χ2n) is 7.18. The summed E-state index contributed by atoms with van der Waals surface area (Å²) in [4.78, 5) is 39.4. The Balaban J connectivity index is 1.47. The van der Waals surface area contributed by atoms with Crippen LogP contribution in [-0.4, -0.2) is 38.8 Å². The van der Waals surface area contributed by atoms with E-state index < -0.39 is 0 Å².